The number of aromatic nitrogens is 1. The van der Waals surface area contributed by atoms with E-state index in [0.717, 1.165) is 11.6 Å². The van der Waals surface area contributed by atoms with Crippen LogP contribution in [0.3, 0.4) is 0 Å². The van der Waals surface area contributed by atoms with Gasteiger partial charge in [-0.1, -0.05) is 36.4 Å². The summed E-state index contributed by atoms with van der Waals surface area (Å²) in [6.07, 6.45) is 1.53. The number of non-ortho nitro benzene ring substituents is 1. The van der Waals surface area contributed by atoms with Crippen molar-refractivity contribution in [1.29, 1.82) is 0 Å². The third kappa shape index (κ3) is 5.02. The largest absolute Gasteiger partial charge is 0.479 e. The number of pyridine rings is 1. The van der Waals surface area contributed by atoms with Gasteiger partial charge in [-0.05, 0) is 35.7 Å². The van der Waals surface area contributed by atoms with Gasteiger partial charge in [0, 0.05) is 18.3 Å². The zero-order chi connectivity index (χ0) is 22.5. The standard InChI is InChI=1S/C22H19N3O6/c1-14-10-16(12-17(11-14)25(30)31)19(22(28)29)23-20(26)18-8-5-9-24(21(18)27)13-15-6-3-2-4-7-15/h2-12,19H,13H2,1H3,(H,23,26)(H,28,29). The highest BCUT2D eigenvalue weighted by Crippen LogP contribution is 2.22. The van der Waals surface area contributed by atoms with Gasteiger partial charge in [0.15, 0.2) is 6.04 Å². The Morgan fingerprint density at radius 1 is 1.13 bits per heavy atom. The van der Waals surface area contributed by atoms with Crippen LogP contribution in [-0.2, 0) is 11.3 Å². The second-order valence-electron chi connectivity index (χ2n) is 6.94. The number of nitro groups is 1. The molecule has 9 heteroatoms. The van der Waals surface area contributed by atoms with Crippen LogP contribution in [0, 0.1) is 17.0 Å². The van der Waals surface area contributed by atoms with Gasteiger partial charge in [0.2, 0.25) is 0 Å². The Bertz CT molecular complexity index is 1200. The fraction of sp³-hybridized carbons (Fsp3) is 0.136. The molecule has 3 aromatic rings. The number of nitrogens with one attached hydrogen (secondary N) is 1. The molecule has 1 amide bonds. The summed E-state index contributed by atoms with van der Waals surface area (Å²) in [5.41, 5.74) is 0.260. The van der Waals surface area contributed by atoms with E-state index in [1.807, 2.05) is 30.3 Å². The number of nitro benzene ring substituents is 1. The summed E-state index contributed by atoms with van der Waals surface area (Å²) in [6, 6.07) is 14.3. The van der Waals surface area contributed by atoms with Crippen LogP contribution in [0.15, 0.2) is 71.7 Å². The average Bonchev–Trinajstić information content (AvgIpc) is 2.73. The summed E-state index contributed by atoms with van der Waals surface area (Å²) in [6.45, 7) is 1.82. The van der Waals surface area contributed by atoms with Crippen molar-refractivity contribution in [2.24, 2.45) is 0 Å². The molecular weight excluding hydrogens is 402 g/mol. The molecule has 0 aliphatic carbocycles. The molecule has 0 aliphatic rings. The number of carbonyl (C=O) groups excluding carboxylic acids is 1. The van der Waals surface area contributed by atoms with Crippen molar-refractivity contribution in [3.8, 4) is 0 Å². The molecule has 1 unspecified atom stereocenters. The Morgan fingerprint density at radius 2 is 1.84 bits per heavy atom. The van der Waals surface area contributed by atoms with Crippen molar-refractivity contribution >= 4 is 17.6 Å². The van der Waals surface area contributed by atoms with E-state index < -0.39 is 28.4 Å². The topological polar surface area (TPSA) is 132 Å². The summed E-state index contributed by atoms with van der Waals surface area (Å²) in [4.78, 5) is 47.7. The minimum atomic E-state index is -1.56. The van der Waals surface area contributed by atoms with Crippen LogP contribution < -0.4 is 10.9 Å². The maximum absolute atomic E-state index is 12.8. The molecule has 0 fully saturated rings. The number of amides is 1. The molecule has 1 atom stereocenters. The lowest BCUT2D eigenvalue weighted by Gasteiger charge is -2.16. The van der Waals surface area contributed by atoms with E-state index in [-0.39, 0.29) is 23.4 Å². The number of hydrogen-bond donors (Lipinski definition) is 2. The first-order chi connectivity index (χ1) is 14.8. The highest BCUT2D eigenvalue weighted by molar-refractivity contribution is 5.96. The quantitative estimate of drug-likeness (QED) is 0.445. The van der Waals surface area contributed by atoms with Crippen LogP contribution in [0.2, 0.25) is 0 Å². The van der Waals surface area contributed by atoms with Crippen LogP contribution in [0.1, 0.15) is 33.1 Å². The summed E-state index contributed by atoms with van der Waals surface area (Å²) in [5, 5.41) is 23.0. The number of carboxylic acid groups (broad SMARTS) is 1. The molecule has 0 saturated heterocycles. The molecule has 0 radical (unpaired) electrons. The number of carboxylic acids is 1. The number of rotatable bonds is 7. The van der Waals surface area contributed by atoms with Gasteiger partial charge in [0.25, 0.3) is 17.2 Å². The number of hydrogen-bond acceptors (Lipinski definition) is 5. The fourth-order valence-electron chi connectivity index (χ4n) is 3.17. The van der Waals surface area contributed by atoms with E-state index in [2.05, 4.69) is 5.32 Å². The van der Waals surface area contributed by atoms with Gasteiger partial charge in [0.05, 0.1) is 11.5 Å². The molecule has 31 heavy (non-hydrogen) atoms. The van der Waals surface area contributed by atoms with Crippen molar-refractivity contribution in [3.05, 3.63) is 110 Å². The lowest BCUT2D eigenvalue weighted by atomic mass is 10.0. The molecule has 0 saturated carbocycles. The van der Waals surface area contributed by atoms with E-state index in [0.29, 0.717) is 5.56 Å². The number of carbonyl (C=O) groups is 2. The molecule has 2 aromatic carbocycles. The van der Waals surface area contributed by atoms with E-state index in [1.165, 1.54) is 35.0 Å². The Hall–Kier alpha value is -4.27. The highest BCUT2D eigenvalue weighted by Gasteiger charge is 2.26. The lowest BCUT2D eigenvalue weighted by Crippen LogP contribution is -2.38. The lowest BCUT2D eigenvalue weighted by molar-refractivity contribution is -0.385. The summed E-state index contributed by atoms with van der Waals surface area (Å²) in [7, 11) is 0. The van der Waals surface area contributed by atoms with Crippen molar-refractivity contribution in [2.75, 3.05) is 0 Å². The molecule has 158 valence electrons. The highest BCUT2D eigenvalue weighted by atomic mass is 16.6. The van der Waals surface area contributed by atoms with Gasteiger partial charge in [-0.3, -0.25) is 19.7 Å². The van der Waals surface area contributed by atoms with E-state index in [1.54, 1.807) is 6.92 Å². The molecule has 9 nitrogen and oxygen atoms in total. The van der Waals surface area contributed by atoms with Crippen LogP contribution in [-0.4, -0.2) is 26.5 Å². The normalized spacial score (nSPS) is 11.5. The summed E-state index contributed by atoms with van der Waals surface area (Å²) >= 11 is 0. The van der Waals surface area contributed by atoms with Crippen molar-refractivity contribution in [1.82, 2.24) is 9.88 Å². The fourth-order valence-corrected chi connectivity index (χ4v) is 3.17. The third-order valence-electron chi connectivity index (χ3n) is 4.61. The van der Waals surface area contributed by atoms with Gasteiger partial charge in [-0.15, -0.1) is 0 Å². The molecule has 1 aromatic heterocycles. The monoisotopic (exact) mass is 421 g/mol. The van der Waals surface area contributed by atoms with Crippen LogP contribution >= 0.6 is 0 Å². The van der Waals surface area contributed by atoms with Crippen molar-refractivity contribution in [2.45, 2.75) is 19.5 Å². The minimum Gasteiger partial charge on any atom is -0.479 e. The molecule has 2 N–H and O–H groups in total. The number of benzene rings is 2. The Morgan fingerprint density at radius 3 is 2.48 bits per heavy atom. The van der Waals surface area contributed by atoms with Crippen molar-refractivity contribution in [3.63, 3.8) is 0 Å². The van der Waals surface area contributed by atoms with E-state index in [4.69, 9.17) is 0 Å². The van der Waals surface area contributed by atoms with Gasteiger partial charge < -0.3 is 15.0 Å². The zero-order valence-electron chi connectivity index (χ0n) is 16.5. The SMILES string of the molecule is Cc1cc(C(NC(=O)c2cccn(Cc3ccccc3)c2=O)C(=O)O)cc([N+](=O)[O-])c1. The Kier molecular flexibility index (Phi) is 6.25. The van der Waals surface area contributed by atoms with Gasteiger partial charge in [-0.25, -0.2) is 4.79 Å². The number of aryl methyl sites for hydroxylation is 1. The third-order valence-corrected chi connectivity index (χ3v) is 4.61. The first-order valence-corrected chi connectivity index (χ1v) is 9.29. The predicted octanol–water partition coefficient (Wildman–Crippen LogP) is 2.67. The minimum absolute atomic E-state index is 0.0353. The molecule has 1 heterocycles. The predicted molar refractivity (Wildman–Crippen MR) is 112 cm³/mol. The Labute approximate surface area is 176 Å². The maximum atomic E-state index is 12.8. The molecule has 0 bridgehead atoms. The first kappa shape index (κ1) is 21.4. The smallest absolute Gasteiger partial charge is 0.330 e. The van der Waals surface area contributed by atoms with Gasteiger partial charge in [-0.2, -0.15) is 0 Å². The average molecular weight is 421 g/mol. The first-order valence-electron chi connectivity index (χ1n) is 9.29. The maximum Gasteiger partial charge on any atom is 0.330 e. The van der Waals surface area contributed by atoms with Gasteiger partial charge in [0.1, 0.15) is 5.56 Å². The van der Waals surface area contributed by atoms with Crippen LogP contribution in [0.4, 0.5) is 5.69 Å². The van der Waals surface area contributed by atoms with E-state index >= 15 is 0 Å². The van der Waals surface area contributed by atoms with E-state index in [9.17, 15) is 29.6 Å². The van der Waals surface area contributed by atoms with Crippen LogP contribution in [0.5, 0.6) is 0 Å². The zero-order valence-corrected chi connectivity index (χ0v) is 16.5. The molecule has 3 rings (SSSR count). The second-order valence-corrected chi connectivity index (χ2v) is 6.94. The Balaban J connectivity index is 1.90. The van der Waals surface area contributed by atoms with Gasteiger partial charge >= 0.3 is 5.97 Å². The number of aliphatic carboxylic acids is 1. The number of nitrogens with zero attached hydrogens (tertiary/aromatic N) is 2. The van der Waals surface area contributed by atoms with Crippen molar-refractivity contribution < 1.29 is 19.6 Å². The molecule has 0 spiro atoms. The molecule has 0 aliphatic heterocycles. The molecular formula is C22H19N3O6. The second kappa shape index (κ2) is 9.04. The summed E-state index contributed by atoms with van der Waals surface area (Å²) < 4.78 is 1.34. The summed E-state index contributed by atoms with van der Waals surface area (Å²) in [5.74, 6) is -2.29. The van der Waals surface area contributed by atoms with Crippen LogP contribution in [0.25, 0.3) is 0 Å².